The van der Waals surface area contributed by atoms with Crippen LogP contribution in [-0.2, 0) is 19.5 Å². The molecule has 2 N–H and O–H groups in total. The summed E-state index contributed by atoms with van der Waals surface area (Å²) in [6.07, 6.45) is 5.93. The molecule has 0 saturated heterocycles. The van der Waals surface area contributed by atoms with Crippen molar-refractivity contribution in [3.05, 3.63) is 48.0 Å². The molecular weight excluding hydrogens is 332 g/mol. The molecule has 0 bridgehead atoms. The number of aromatic nitrogens is 3. The maximum absolute atomic E-state index is 4.70. The summed E-state index contributed by atoms with van der Waals surface area (Å²) in [5, 5.41) is 14.9. The van der Waals surface area contributed by atoms with Gasteiger partial charge in [0.2, 0.25) is 0 Å². The predicted molar refractivity (Wildman–Crippen MR) is 106 cm³/mol. The number of nitrogens with zero attached hydrogens (tertiary/aromatic N) is 4. The first-order valence-corrected chi connectivity index (χ1v) is 10.1. The SMILES string of the molecule is CCc1nncn1CCNC(=NCc1ccccc1)NCCCSC. The molecule has 136 valence electrons. The smallest absolute Gasteiger partial charge is 0.191 e. The Morgan fingerprint density at radius 3 is 2.76 bits per heavy atom. The van der Waals surface area contributed by atoms with Crippen LogP contribution < -0.4 is 10.6 Å². The van der Waals surface area contributed by atoms with Crippen LogP contribution in [0.1, 0.15) is 24.7 Å². The van der Waals surface area contributed by atoms with Crippen molar-refractivity contribution in [3.63, 3.8) is 0 Å². The van der Waals surface area contributed by atoms with E-state index in [1.165, 1.54) is 5.56 Å². The number of guanidine groups is 1. The van der Waals surface area contributed by atoms with E-state index in [2.05, 4.69) is 50.7 Å². The van der Waals surface area contributed by atoms with E-state index in [1.54, 1.807) is 6.33 Å². The molecule has 2 rings (SSSR count). The highest BCUT2D eigenvalue weighted by Crippen LogP contribution is 2.00. The summed E-state index contributed by atoms with van der Waals surface area (Å²) >= 11 is 1.87. The molecule has 0 radical (unpaired) electrons. The molecule has 0 atom stereocenters. The number of nitrogens with one attached hydrogen (secondary N) is 2. The Bertz CT molecular complexity index is 626. The van der Waals surface area contributed by atoms with E-state index in [-0.39, 0.29) is 0 Å². The summed E-state index contributed by atoms with van der Waals surface area (Å²) in [4.78, 5) is 4.70. The molecule has 0 fully saturated rings. The Morgan fingerprint density at radius 1 is 1.20 bits per heavy atom. The van der Waals surface area contributed by atoms with Crippen molar-refractivity contribution in [2.45, 2.75) is 32.9 Å². The molecule has 0 aliphatic carbocycles. The first-order valence-electron chi connectivity index (χ1n) is 8.75. The summed E-state index contributed by atoms with van der Waals surface area (Å²) in [5.41, 5.74) is 1.21. The molecule has 1 aromatic heterocycles. The van der Waals surface area contributed by atoms with Gasteiger partial charge in [-0.25, -0.2) is 4.99 Å². The fraction of sp³-hybridized carbons (Fsp3) is 0.500. The van der Waals surface area contributed by atoms with Crippen molar-refractivity contribution in [1.29, 1.82) is 0 Å². The van der Waals surface area contributed by atoms with Gasteiger partial charge in [0.15, 0.2) is 5.96 Å². The van der Waals surface area contributed by atoms with E-state index in [0.717, 1.165) is 50.0 Å². The number of rotatable bonds is 10. The highest BCUT2D eigenvalue weighted by molar-refractivity contribution is 7.98. The number of hydrogen-bond donors (Lipinski definition) is 2. The molecule has 0 aliphatic heterocycles. The average Bonchev–Trinajstić information content (AvgIpc) is 3.11. The van der Waals surface area contributed by atoms with Gasteiger partial charge >= 0.3 is 0 Å². The number of benzene rings is 1. The van der Waals surface area contributed by atoms with Crippen LogP contribution in [0.5, 0.6) is 0 Å². The summed E-state index contributed by atoms with van der Waals surface area (Å²) in [6, 6.07) is 10.3. The number of aryl methyl sites for hydroxylation is 1. The Hall–Kier alpha value is -2.02. The molecule has 0 amide bonds. The van der Waals surface area contributed by atoms with Gasteiger partial charge < -0.3 is 15.2 Å². The number of thioether (sulfide) groups is 1. The van der Waals surface area contributed by atoms with Gasteiger partial charge in [0.1, 0.15) is 12.2 Å². The largest absolute Gasteiger partial charge is 0.356 e. The van der Waals surface area contributed by atoms with Crippen molar-refractivity contribution < 1.29 is 0 Å². The third-order valence-corrected chi connectivity index (χ3v) is 4.43. The van der Waals surface area contributed by atoms with Gasteiger partial charge in [0.05, 0.1) is 6.54 Å². The monoisotopic (exact) mass is 360 g/mol. The lowest BCUT2D eigenvalue weighted by molar-refractivity contribution is 0.631. The maximum Gasteiger partial charge on any atom is 0.191 e. The molecule has 25 heavy (non-hydrogen) atoms. The van der Waals surface area contributed by atoms with Crippen LogP contribution in [0.15, 0.2) is 41.7 Å². The van der Waals surface area contributed by atoms with Gasteiger partial charge in [-0.2, -0.15) is 11.8 Å². The van der Waals surface area contributed by atoms with E-state index in [0.29, 0.717) is 6.54 Å². The molecule has 0 spiro atoms. The van der Waals surface area contributed by atoms with Gasteiger partial charge in [-0.15, -0.1) is 10.2 Å². The van der Waals surface area contributed by atoms with Crippen LogP contribution in [0, 0.1) is 0 Å². The Balaban J connectivity index is 1.86. The molecule has 1 aromatic carbocycles. The Kier molecular flexibility index (Phi) is 8.90. The van der Waals surface area contributed by atoms with E-state index < -0.39 is 0 Å². The topological polar surface area (TPSA) is 67.1 Å². The molecule has 0 aliphatic rings. The normalized spacial score (nSPS) is 11.5. The van der Waals surface area contributed by atoms with Crippen molar-refractivity contribution in [2.75, 3.05) is 25.1 Å². The number of hydrogen-bond acceptors (Lipinski definition) is 4. The third-order valence-electron chi connectivity index (χ3n) is 3.74. The van der Waals surface area contributed by atoms with Crippen LogP contribution in [0.2, 0.25) is 0 Å². The van der Waals surface area contributed by atoms with Crippen LogP contribution in [0.4, 0.5) is 0 Å². The lowest BCUT2D eigenvalue weighted by atomic mass is 10.2. The van der Waals surface area contributed by atoms with Crippen molar-refractivity contribution in [1.82, 2.24) is 25.4 Å². The predicted octanol–water partition coefficient (Wildman–Crippen LogP) is 2.33. The summed E-state index contributed by atoms with van der Waals surface area (Å²) in [7, 11) is 0. The van der Waals surface area contributed by atoms with Crippen LogP contribution in [0.25, 0.3) is 0 Å². The first kappa shape index (κ1) is 19.3. The van der Waals surface area contributed by atoms with Crippen LogP contribution in [0.3, 0.4) is 0 Å². The van der Waals surface area contributed by atoms with Gasteiger partial charge in [0, 0.05) is 26.1 Å². The number of aliphatic imine (C=N–C) groups is 1. The lowest BCUT2D eigenvalue weighted by Crippen LogP contribution is -2.39. The van der Waals surface area contributed by atoms with Gasteiger partial charge in [-0.3, -0.25) is 0 Å². The first-order chi connectivity index (χ1) is 12.3. The second kappa shape index (κ2) is 11.5. The van der Waals surface area contributed by atoms with Crippen molar-refractivity contribution in [3.8, 4) is 0 Å². The zero-order valence-electron chi connectivity index (χ0n) is 15.1. The molecule has 2 aromatic rings. The molecule has 0 unspecified atom stereocenters. The van der Waals surface area contributed by atoms with Gasteiger partial charge in [-0.1, -0.05) is 37.3 Å². The summed E-state index contributed by atoms with van der Waals surface area (Å²) in [5.74, 6) is 3.02. The summed E-state index contributed by atoms with van der Waals surface area (Å²) in [6.45, 7) is 5.30. The van der Waals surface area contributed by atoms with E-state index in [4.69, 9.17) is 4.99 Å². The zero-order chi connectivity index (χ0) is 17.7. The van der Waals surface area contributed by atoms with Crippen molar-refractivity contribution >= 4 is 17.7 Å². The Morgan fingerprint density at radius 2 is 2.00 bits per heavy atom. The van der Waals surface area contributed by atoms with E-state index in [9.17, 15) is 0 Å². The minimum atomic E-state index is 0.672. The zero-order valence-corrected chi connectivity index (χ0v) is 15.9. The van der Waals surface area contributed by atoms with Crippen LogP contribution >= 0.6 is 11.8 Å². The maximum atomic E-state index is 4.70. The second-order valence-corrected chi connectivity index (χ2v) is 6.63. The molecule has 6 nitrogen and oxygen atoms in total. The van der Waals surface area contributed by atoms with E-state index in [1.807, 2.05) is 30.0 Å². The summed E-state index contributed by atoms with van der Waals surface area (Å²) < 4.78 is 2.08. The standard InChI is InChI=1S/C18H28N6S/c1-3-17-23-22-15-24(17)12-11-20-18(19-10-7-13-25-2)21-14-16-8-5-4-6-9-16/h4-6,8-9,15H,3,7,10-14H2,1-2H3,(H2,19,20,21). The fourth-order valence-electron chi connectivity index (χ4n) is 2.39. The Labute approximate surface area is 154 Å². The molecule has 1 heterocycles. The van der Waals surface area contributed by atoms with Crippen LogP contribution in [-0.4, -0.2) is 45.8 Å². The second-order valence-electron chi connectivity index (χ2n) is 5.64. The third kappa shape index (κ3) is 7.17. The lowest BCUT2D eigenvalue weighted by Gasteiger charge is -2.13. The molecule has 7 heteroatoms. The highest BCUT2D eigenvalue weighted by atomic mass is 32.2. The minimum Gasteiger partial charge on any atom is -0.356 e. The van der Waals surface area contributed by atoms with Gasteiger partial charge in [0.25, 0.3) is 0 Å². The van der Waals surface area contributed by atoms with Gasteiger partial charge in [-0.05, 0) is 24.0 Å². The van der Waals surface area contributed by atoms with E-state index >= 15 is 0 Å². The quantitative estimate of drug-likeness (QED) is 0.387. The van der Waals surface area contributed by atoms with Crippen molar-refractivity contribution in [2.24, 2.45) is 4.99 Å². The molecular formula is C18H28N6S. The molecule has 0 saturated carbocycles. The fourth-order valence-corrected chi connectivity index (χ4v) is 2.82. The highest BCUT2D eigenvalue weighted by Gasteiger charge is 2.03. The average molecular weight is 361 g/mol. The minimum absolute atomic E-state index is 0.672.